The van der Waals surface area contributed by atoms with Gasteiger partial charge in [0.25, 0.3) is 0 Å². The lowest BCUT2D eigenvalue weighted by Gasteiger charge is -2.10. The fraction of sp³-hybridized carbons (Fsp3) is 0.200. The molecular formula is C10H8ClF3N4O. The first-order valence-electron chi connectivity index (χ1n) is 5.06. The predicted molar refractivity (Wildman–Crippen MR) is 62.7 cm³/mol. The van der Waals surface area contributed by atoms with Gasteiger partial charge in [-0.2, -0.15) is 18.2 Å². The molecule has 2 aromatic heterocycles. The summed E-state index contributed by atoms with van der Waals surface area (Å²) in [6.07, 6.45) is 0.00524. The second-order valence-electron chi connectivity index (χ2n) is 3.48. The number of aromatic nitrogens is 3. The highest BCUT2D eigenvalue weighted by molar-refractivity contribution is 6.31. The number of halogens is 4. The first-order chi connectivity index (χ1) is 8.94. The Morgan fingerprint density at radius 1 is 1.42 bits per heavy atom. The third kappa shape index (κ3) is 4.02. The monoisotopic (exact) mass is 292 g/mol. The number of hydrogen-bond acceptors (Lipinski definition) is 4. The smallest absolute Gasteiger partial charge is 0.422 e. The lowest BCUT2D eigenvalue weighted by atomic mass is 10.5. The first kappa shape index (κ1) is 13.5. The van der Waals surface area contributed by atoms with Crippen LogP contribution < -0.4 is 10.1 Å². The van der Waals surface area contributed by atoms with Crippen LogP contribution in [-0.4, -0.2) is 27.7 Å². The molecule has 5 nitrogen and oxygen atoms in total. The van der Waals surface area contributed by atoms with Crippen molar-refractivity contribution >= 4 is 23.2 Å². The standard InChI is InChI=1S/C10H8ClF3N4O/c11-7-4-16-9(17-6-1-2-15-3-6)18-8(7)19-5-10(12,13)14/h1-4,15H,5H2,(H,16,17,18). The quantitative estimate of drug-likeness (QED) is 0.909. The van der Waals surface area contributed by atoms with Crippen LogP contribution in [0.1, 0.15) is 0 Å². The number of anilines is 2. The lowest BCUT2D eigenvalue weighted by molar-refractivity contribution is -0.154. The van der Waals surface area contributed by atoms with Gasteiger partial charge in [0.1, 0.15) is 5.02 Å². The van der Waals surface area contributed by atoms with Crippen molar-refractivity contribution in [1.29, 1.82) is 0 Å². The molecule has 2 heterocycles. The van der Waals surface area contributed by atoms with Gasteiger partial charge >= 0.3 is 6.18 Å². The van der Waals surface area contributed by atoms with Crippen LogP contribution in [0.5, 0.6) is 5.88 Å². The van der Waals surface area contributed by atoms with Crippen molar-refractivity contribution in [3.63, 3.8) is 0 Å². The Morgan fingerprint density at radius 2 is 2.21 bits per heavy atom. The van der Waals surface area contributed by atoms with Gasteiger partial charge in [0, 0.05) is 12.4 Å². The van der Waals surface area contributed by atoms with Gasteiger partial charge in [0.15, 0.2) is 6.61 Å². The number of alkyl halides is 3. The number of aromatic amines is 1. The zero-order chi connectivity index (χ0) is 13.9. The molecule has 0 unspecified atom stereocenters. The van der Waals surface area contributed by atoms with Gasteiger partial charge in [-0.05, 0) is 6.07 Å². The number of hydrogen-bond donors (Lipinski definition) is 2. The Kier molecular flexibility index (Phi) is 3.79. The largest absolute Gasteiger partial charge is 0.467 e. The molecule has 0 bridgehead atoms. The van der Waals surface area contributed by atoms with E-state index >= 15 is 0 Å². The maximum Gasteiger partial charge on any atom is 0.422 e. The molecule has 0 aromatic carbocycles. The van der Waals surface area contributed by atoms with Crippen molar-refractivity contribution in [2.24, 2.45) is 0 Å². The summed E-state index contributed by atoms with van der Waals surface area (Å²) in [4.78, 5) is 10.4. The van der Waals surface area contributed by atoms with Crippen LogP contribution in [0.25, 0.3) is 0 Å². The van der Waals surface area contributed by atoms with Gasteiger partial charge in [-0.25, -0.2) is 4.98 Å². The average Bonchev–Trinajstić information content (AvgIpc) is 2.81. The van der Waals surface area contributed by atoms with Crippen LogP contribution >= 0.6 is 11.6 Å². The third-order valence-electron chi connectivity index (χ3n) is 1.94. The molecule has 19 heavy (non-hydrogen) atoms. The molecule has 0 saturated carbocycles. The molecule has 9 heteroatoms. The Bertz CT molecular complexity index is 544. The SMILES string of the molecule is FC(F)(F)COc1nc(Nc2cc[nH]c2)ncc1Cl. The van der Waals surface area contributed by atoms with Gasteiger partial charge in [-0.3, -0.25) is 0 Å². The number of H-pyrrole nitrogens is 1. The van der Waals surface area contributed by atoms with E-state index in [1.165, 1.54) is 0 Å². The normalized spacial score (nSPS) is 11.4. The summed E-state index contributed by atoms with van der Waals surface area (Å²) in [6.45, 7) is -1.46. The van der Waals surface area contributed by atoms with Crippen LogP contribution in [0.3, 0.4) is 0 Å². The van der Waals surface area contributed by atoms with Gasteiger partial charge in [0.05, 0.1) is 11.9 Å². The number of ether oxygens (including phenoxy) is 1. The van der Waals surface area contributed by atoms with Crippen LogP contribution in [0.4, 0.5) is 24.8 Å². The Morgan fingerprint density at radius 3 is 2.84 bits per heavy atom. The van der Waals surface area contributed by atoms with Gasteiger partial charge in [-0.15, -0.1) is 0 Å². The van der Waals surface area contributed by atoms with Crippen molar-refractivity contribution in [3.05, 3.63) is 29.7 Å². The summed E-state index contributed by atoms with van der Waals surface area (Å²) in [7, 11) is 0. The molecule has 2 aromatic rings. The Labute approximate surface area is 110 Å². The molecule has 0 atom stereocenters. The summed E-state index contributed by atoms with van der Waals surface area (Å²) >= 11 is 5.66. The average molecular weight is 293 g/mol. The van der Waals surface area contributed by atoms with Crippen molar-refractivity contribution in [2.45, 2.75) is 6.18 Å². The lowest BCUT2D eigenvalue weighted by Crippen LogP contribution is -2.20. The minimum atomic E-state index is -4.46. The Hall–Kier alpha value is -1.96. The predicted octanol–water partition coefficient (Wildman–Crippen LogP) is 3.14. The summed E-state index contributed by atoms with van der Waals surface area (Å²) in [5, 5.41) is 2.68. The molecule has 0 aliphatic heterocycles. The highest BCUT2D eigenvalue weighted by Crippen LogP contribution is 2.25. The molecule has 0 fully saturated rings. The topological polar surface area (TPSA) is 62.8 Å². The zero-order valence-corrected chi connectivity index (χ0v) is 10.1. The zero-order valence-electron chi connectivity index (χ0n) is 9.33. The fourth-order valence-corrected chi connectivity index (χ4v) is 1.34. The van der Waals surface area contributed by atoms with E-state index in [1.54, 1.807) is 18.5 Å². The summed E-state index contributed by atoms with van der Waals surface area (Å²) in [5.41, 5.74) is 0.657. The minimum Gasteiger partial charge on any atom is -0.467 e. The van der Waals surface area contributed by atoms with Crippen LogP contribution in [-0.2, 0) is 0 Å². The van der Waals surface area contributed by atoms with Crippen molar-refractivity contribution < 1.29 is 17.9 Å². The molecule has 2 rings (SSSR count). The minimum absolute atomic E-state index is 0.0844. The van der Waals surface area contributed by atoms with E-state index in [9.17, 15) is 13.2 Å². The molecule has 0 radical (unpaired) electrons. The van der Waals surface area contributed by atoms with Crippen LogP contribution in [0, 0.1) is 0 Å². The Balaban J connectivity index is 2.10. The third-order valence-corrected chi connectivity index (χ3v) is 2.20. The van der Waals surface area contributed by atoms with Crippen molar-refractivity contribution in [2.75, 3.05) is 11.9 Å². The van der Waals surface area contributed by atoms with E-state index in [0.717, 1.165) is 6.20 Å². The highest BCUT2D eigenvalue weighted by atomic mass is 35.5. The van der Waals surface area contributed by atoms with Crippen LogP contribution in [0.15, 0.2) is 24.7 Å². The second-order valence-corrected chi connectivity index (χ2v) is 3.88. The molecule has 0 amide bonds. The molecule has 102 valence electrons. The highest BCUT2D eigenvalue weighted by Gasteiger charge is 2.29. The van der Waals surface area contributed by atoms with Gasteiger partial charge in [0.2, 0.25) is 11.8 Å². The fourth-order valence-electron chi connectivity index (χ4n) is 1.19. The van der Waals surface area contributed by atoms with E-state index in [1.807, 2.05) is 0 Å². The van der Waals surface area contributed by atoms with E-state index in [-0.39, 0.29) is 16.9 Å². The molecule has 0 spiro atoms. The van der Waals surface area contributed by atoms with E-state index in [4.69, 9.17) is 11.6 Å². The summed E-state index contributed by atoms with van der Waals surface area (Å²) in [6, 6.07) is 1.70. The van der Waals surface area contributed by atoms with E-state index < -0.39 is 12.8 Å². The van der Waals surface area contributed by atoms with Crippen molar-refractivity contribution in [1.82, 2.24) is 15.0 Å². The van der Waals surface area contributed by atoms with Crippen molar-refractivity contribution in [3.8, 4) is 5.88 Å². The first-order valence-corrected chi connectivity index (χ1v) is 5.44. The molecular weight excluding hydrogens is 285 g/mol. The number of nitrogens with zero attached hydrogens (tertiary/aromatic N) is 2. The molecule has 0 saturated heterocycles. The summed E-state index contributed by atoms with van der Waals surface area (Å²) in [5.74, 6) is -0.242. The second kappa shape index (κ2) is 5.35. The summed E-state index contributed by atoms with van der Waals surface area (Å²) < 4.78 is 40.6. The molecule has 0 aliphatic rings. The number of rotatable bonds is 4. The maximum absolute atomic E-state index is 12.0. The van der Waals surface area contributed by atoms with Gasteiger partial charge < -0.3 is 15.0 Å². The maximum atomic E-state index is 12.0. The van der Waals surface area contributed by atoms with E-state index in [0.29, 0.717) is 5.69 Å². The molecule has 0 aliphatic carbocycles. The molecule has 2 N–H and O–H groups in total. The van der Waals surface area contributed by atoms with Crippen LogP contribution in [0.2, 0.25) is 5.02 Å². The number of nitrogens with one attached hydrogen (secondary N) is 2. The van der Waals surface area contributed by atoms with E-state index in [2.05, 4.69) is 25.0 Å². The van der Waals surface area contributed by atoms with Gasteiger partial charge in [-0.1, -0.05) is 11.6 Å².